The van der Waals surface area contributed by atoms with E-state index in [1.54, 1.807) is 24.5 Å². The Morgan fingerprint density at radius 2 is 2.11 bits per heavy atom. The fourth-order valence-corrected chi connectivity index (χ4v) is 2.39. The Labute approximate surface area is 112 Å². The number of rotatable bonds is 2. The normalized spacial score (nSPS) is 14.6. The van der Waals surface area contributed by atoms with E-state index in [2.05, 4.69) is 6.07 Å². The van der Waals surface area contributed by atoms with Gasteiger partial charge in [0.1, 0.15) is 5.76 Å². The van der Waals surface area contributed by atoms with Crippen LogP contribution in [-0.2, 0) is 11.2 Å². The molecule has 0 saturated carbocycles. The van der Waals surface area contributed by atoms with Crippen LogP contribution >= 0.6 is 0 Å². The van der Waals surface area contributed by atoms with Gasteiger partial charge in [-0.25, -0.2) is 0 Å². The number of anilines is 1. The fourth-order valence-electron chi connectivity index (χ4n) is 2.39. The van der Waals surface area contributed by atoms with Gasteiger partial charge in [0.25, 0.3) is 5.91 Å². The predicted molar refractivity (Wildman–Crippen MR) is 74.9 cm³/mol. The summed E-state index contributed by atoms with van der Waals surface area (Å²) >= 11 is 0. The lowest BCUT2D eigenvalue weighted by molar-refractivity contribution is -0.114. The SMILES string of the molecule is O=C(/C=C\c1ccco1)N1CCCc2ccccc21. The zero-order valence-corrected chi connectivity index (χ0v) is 10.6. The third-order valence-electron chi connectivity index (χ3n) is 3.31. The van der Waals surface area contributed by atoms with Gasteiger partial charge in [-0.2, -0.15) is 0 Å². The van der Waals surface area contributed by atoms with Gasteiger partial charge in [0.05, 0.1) is 6.26 Å². The minimum atomic E-state index is 0.00329. The molecule has 2 aromatic rings. The third kappa shape index (κ3) is 2.45. The molecule has 3 nitrogen and oxygen atoms in total. The summed E-state index contributed by atoms with van der Waals surface area (Å²) < 4.78 is 5.18. The van der Waals surface area contributed by atoms with Crippen molar-refractivity contribution in [1.29, 1.82) is 0 Å². The standard InChI is InChI=1S/C16H15NO2/c18-16(10-9-14-7-4-12-19-14)17-11-3-6-13-5-1-2-8-15(13)17/h1-2,4-5,7-10,12H,3,6,11H2/b10-9-. The Hall–Kier alpha value is -2.29. The molecule has 0 bridgehead atoms. The van der Waals surface area contributed by atoms with Gasteiger partial charge in [-0.3, -0.25) is 4.79 Å². The number of carbonyl (C=O) groups excluding carboxylic acids is 1. The van der Waals surface area contributed by atoms with E-state index in [1.165, 1.54) is 5.56 Å². The molecule has 0 radical (unpaired) electrons. The van der Waals surface area contributed by atoms with Crippen molar-refractivity contribution in [2.75, 3.05) is 11.4 Å². The van der Waals surface area contributed by atoms with Crippen molar-refractivity contribution in [1.82, 2.24) is 0 Å². The number of nitrogens with zero attached hydrogens (tertiary/aromatic N) is 1. The van der Waals surface area contributed by atoms with Crippen LogP contribution in [0.5, 0.6) is 0 Å². The van der Waals surface area contributed by atoms with Crippen molar-refractivity contribution in [2.24, 2.45) is 0 Å². The van der Waals surface area contributed by atoms with E-state index in [9.17, 15) is 4.79 Å². The van der Waals surface area contributed by atoms with Crippen molar-refractivity contribution < 1.29 is 9.21 Å². The molecule has 19 heavy (non-hydrogen) atoms. The Morgan fingerprint density at radius 1 is 1.21 bits per heavy atom. The first-order valence-corrected chi connectivity index (χ1v) is 6.45. The molecule has 0 fully saturated rings. The van der Waals surface area contributed by atoms with E-state index in [0.717, 1.165) is 25.1 Å². The molecule has 1 amide bonds. The second-order valence-corrected chi connectivity index (χ2v) is 4.57. The number of furan rings is 1. The molecule has 3 heteroatoms. The van der Waals surface area contributed by atoms with Crippen LogP contribution in [0.4, 0.5) is 5.69 Å². The molecule has 0 unspecified atom stereocenters. The van der Waals surface area contributed by atoms with Crippen LogP contribution in [0.1, 0.15) is 17.7 Å². The minimum Gasteiger partial charge on any atom is -0.465 e. The summed E-state index contributed by atoms with van der Waals surface area (Å²) in [7, 11) is 0. The molecule has 0 atom stereocenters. The van der Waals surface area contributed by atoms with E-state index < -0.39 is 0 Å². The second kappa shape index (κ2) is 5.14. The van der Waals surface area contributed by atoms with Gasteiger partial charge < -0.3 is 9.32 Å². The number of para-hydroxylation sites is 1. The van der Waals surface area contributed by atoms with Gasteiger partial charge in [0, 0.05) is 18.3 Å². The Kier molecular flexibility index (Phi) is 3.19. The van der Waals surface area contributed by atoms with Gasteiger partial charge in [-0.15, -0.1) is 0 Å². The summed E-state index contributed by atoms with van der Waals surface area (Å²) in [5.74, 6) is 0.696. The predicted octanol–water partition coefficient (Wildman–Crippen LogP) is 3.27. The third-order valence-corrected chi connectivity index (χ3v) is 3.31. The van der Waals surface area contributed by atoms with Crippen LogP contribution < -0.4 is 4.90 Å². The van der Waals surface area contributed by atoms with Crippen molar-refractivity contribution in [3.05, 3.63) is 60.1 Å². The van der Waals surface area contributed by atoms with Crippen LogP contribution in [0.25, 0.3) is 6.08 Å². The molecule has 1 aromatic carbocycles. The molecular formula is C16H15NO2. The van der Waals surface area contributed by atoms with Gasteiger partial charge in [0.2, 0.25) is 0 Å². The Morgan fingerprint density at radius 3 is 2.95 bits per heavy atom. The first-order chi connectivity index (χ1) is 9.34. The van der Waals surface area contributed by atoms with Crippen LogP contribution in [0, 0.1) is 0 Å². The monoisotopic (exact) mass is 253 g/mol. The average molecular weight is 253 g/mol. The lowest BCUT2D eigenvalue weighted by atomic mass is 10.0. The number of benzene rings is 1. The number of amides is 1. The smallest absolute Gasteiger partial charge is 0.251 e. The van der Waals surface area contributed by atoms with E-state index in [0.29, 0.717) is 5.76 Å². The molecule has 0 spiro atoms. The number of carbonyl (C=O) groups is 1. The topological polar surface area (TPSA) is 33.5 Å². The summed E-state index contributed by atoms with van der Waals surface area (Å²) in [4.78, 5) is 14.1. The maximum absolute atomic E-state index is 12.3. The molecule has 0 N–H and O–H groups in total. The minimum absolute atomic E-state index is 0.00329. The highest BCUT2D eigenvalue weighted by Gasteiger charge is 2.20. The molecule has 3 rings (SSSR count). The highest BCUT2D eigenvalue weighted by atomic mass is 16.3. The van der Waals surface area contributed by atoms with Crippen LogP contribution in [-0.4, -0.2) is 12.5 Å². The zero-order chi connectivity index (χ0) is 13.1. The van der Waals surface area contributed by atoms with Crippen molar-refractivity contribution in [3.63, 3.8) is 0 Å². The zero-order valence-electron chi connectivity index (χ0n) is 10.6. The summed E-state index contributed by atoms with van der Waals surface area (Å²) in [6.45, 7) is 0.776. The molecule has 0 aliphatic carbocycles. The summed E-state index contributed by atoms with van der Waals surface area (Å²) in [6.07, 6.45) is 6.93. The lowest BCUT2D eigenvalue weighted by Crippen LogP contribution is -2.34. The second-order valence-electron chi connectivity index (χ2n) is 4.57. The fraction of sp³-hybridized carbons (Fsp3) is 0.188. The van der Waals surface area contributed by atoms with Crippen LogP contribution in [0.15, 0.2) is 53.2 Å². The van der Waals surface area contributed by atoms with Gasteiger partial charge >= 0.3 is 0 Å². The highest BCUT2D eigenvalue weighted by Crippen LogP contribution is 2.26. The van der Waals surface area contributed by atoms with E-state index in [1.807, 2.05) is 29.2 Å². The van der Waals surface area contributed by atoms with E-state index in [4.69, 9.17) is 4.42 Å². The maximum atomic E-state index is 12.3. The first-order valence-electron chi connectivity index (χ1n) is 6.45. The molecule has 2 heterocycles. The van der Waals surface area contributed by atoms with Crippen molar-refractivity contribution in [2.45, 2.75) is 12.8 Å². The van der Waals surface area contributed by atoms with E-state index in [-0.39, 0.29) is 5.91 Å². The Balaban J connectivity index is 1.81. The molecule has 96 valence electrons. The van der Waals surface area contributed by atoms with Gasteiger partial charge in [0.15, 0.2) is 0 Å². The molecule has 1 aliphatic rings. The number of fused-ring (bicyclic) bond motifs is 1. The summed E-state index contributed by atoms with van der Waals surface area (Å²) in [5.41, 5.74) is 2.27. The largest absolute Gasteiger partial charge is 0.465 e. The van der Waals surface area contributed by atoms with Gasteiger partial charge in [-0.1, -0.05) is 18.2 Å². The summed E-state index contributed by atoms with van der Waals surface area (Å²) in [5, 5.41) is 0. The molecule has 1 aliphatic heterocycles. The highest BCUT2D eigenvalue weighted by molar-refractivity contribution is 6.04. The van der Waals surface area contributed by atoms with Crippen LogP contribution in [0.2, 0.25) is 0 Å². The van der Waals surface area contributed by atoms with Crippen LogP contribution in [0.3, 0.4) is 0 Å². The van der Waals surface area contributed by atoms with Gasteiger partial charge in [-0.05, 0) is 42.7 Å². The summed E-state index contributed by atoms with van der Waals surface area (Å²) in [6, 6.07) is 11.7. The Bertz CT molecular complexity index is 599. The molecule has 1 aromatic heterocycles. The average Bonchev–Trinajstić information content (AvgIpc) is 2.97. The number of hydrogen-bond acceptors (Lipinski definition) is 2. The number of hydrogen-bond donors (Lipinski definition) is 0. The molecular weight excluding hydrogens is 238 g/mol. The lowest BCUT2D eigenvalue weighted by Gasteiger charge is -2.28. The van der Waals surface area contributed by atoms with E-state index >= 15 is 0 Å². The first kappa shape index (κ1) is 11.8. The quantitative estimate of drug-likeness (QED) is 0.770. The molecule has 0 saturated heterocycles. The number of aryl methyl sites for hydroxylation is 1. The van der Waals surface area contributed by atoms with Crippen molar-refractivity contribution >= 4 is 17.7 Å². The maximum Gasteiger partial charge on any atom is 0.251 e. The van der Waals surface area contributed by atoms with Crippen molar-refractivity contribution in [3.8, 4) is 0 Å².